The van der Waals surface area contributed by atoms with Crippen LogP contribution in [0.1, 0.15) is 23.7 Å². The lowest BCUT2D eigenvalue weighted by molar-refractivity contribution is 0.281. The van der Waals surface area contributed by atoms with Gasteiger partial charge in [-0.3, -0.25) is 0 Å². The summed E-state index contributed by atoms with van der Waals surface area (Å²) >= 11 is 3.42. The predicted molar refractivity (Wildman–Crippen MR) is 78.5 cm³/mol. The van der Waals surface area contributed by atoms with Crippen LogP contribution in [0.5, 0.6) is 11.6 Å². The van der Waals surface area contributed by atoms with Crippen LogP contribution in [0, 0.1) is 6.92 Å². The molecule has 1 aromatic heterocycles. The van der Waals surface area contributed by atoms with Gasteiger partial charge < -0.3 is 9.84 Å². The molecule has 2 aromatic rings. The van der Waals surface area contributed by atoms with Gasteiger partial charge in [-0.25, -0.2) is 4.98 Å². The molecule has 0 spiro atoms. The molecule has 19 heavy (non-hydrogen) atoms. The van der Waals surface area contributed by atoms with Crippen molar-refractivity contribution in [2.75, 3.05) is 0 Å². The third-order valence-corrected chi connectivity index (χ3v) is 3.30. The molecule has 0 aliphatic rings. The molecule has 0 saturated heterocycles. The Labute approximate surface area is 121 Å². The fourth-order valence-corrected chi connectivity index (χ4v) is 2.26. The average Bonchev–Trinajstić information content (AvgIpc) is 2.41. The van der Waals surface area contributed by atoms with Gasteiger partial charge in [0.2, 0.25) is 5.88 Å². The zero-order valence-electron chi connectivity index (χ0n) is 11.0. The first-order valence-corrected chi connectivity index (χ1v) is 6.96. The van der Waals surface area contributed by atoms with Gasteiger partial charge in [0.05, 0.1) is 6.61 Å². The standard InChI is InChI=1S/C15H16BrNO2/c1-3-13-7-11(9-18)8-15(17-13)19-14-5-4-12(16)6-10(14)2/h4-8,18H,3,9H2,1-2H3. The molecule has 4 heteroatoms. The molecule has 3 nitrogen and oxygen atoms in total. The monoisotopic (exact) mass is 321 g/mol. The maximum absolute atomic E-state index is 9.25. The third-order valence-electron chi connectivity index (χ3n) is 2.81. The quantitative estimate of drug-likeness (QED) is 0.925. The average molecular weight is 322 g/mol. The Morgan fingerprint density at radius 3 is 2.68 bits per heavy atom. The highest BCUT2D eigenvalue weighted by atomic mass is 79.9. The number of pyridine rings is 1. The minimum absolute atomic E-state index is 0.00873. The summed E-state index contributed by atoms with van der Waals surface area (Å²) in [5.74, 6) is 1.29. The molecule has 0 atom stereocenters. The van der Waals surface area contributed by atoms with Crippen molar-refractivity contribution in [2.24, 2.45) is 0 Å². The van der Waals surface area contributed by atoms with Gasteiger partial charge in [0.25, 0.3) is 0 Å². The van der Waals surface area contributed by atoms with Crippen LogP contribution in [0.15, 0.2) is 34.8 Å². The second-order valence-corrected chi connectivity index (χ2v) is 5.24. The molecule has 0 amide bonds. The number of aryl methyl sites for hydroxylation is 2. The minimum atomic E-state index is -0.00873. The molecular weight excluding hydrogens is 306 g/mol. The Bertz CT molecular complexity index is 562. The summed E-state index contributed by atoms with van der Waals surface area (Å²) in [4.78, 5) is 4.41. The van der Waals surface area contributed by atoms with Crippen molar-refractivity contribution >= 4 is 15.9 Å². The van der Waals surface area contributed by atoms with Gasteiger partial charge in [-0.15, -0.1) is 0 Å². The van der Waals surface area contributed by atoms with Gasteiger partial charge in [0.15, 0.2) is 0 Å². The van der Waals surface area contributed by atoms with Crippen LogP contribution in [0.2, 0.25) is 0 Å². The van der Waals surface area contributed by atoms with E-state index in [1.165, 1.54) is 0 Å². The summed E-state index contributed by atoms with van der Waals surface area (Å²) in [5.41, 5.74) is 2.76. The van der Waals surface area contributed by atoms with E-state index in [1.807, 2.05) is 38.1 Å². The lowest BCUT2D eigenvalue weighted by Gasteiger charge is -2.10. The molecule has 0 unspecified atom stereocenters. The summed E-state index contributed by atoms with van der Waals surface area (Å²) in [5, 5.41) is 9.25. The molecule has 1 aromatic carbocycles. The van der Waals surface area contributed by atoms with Crippen LogP contribution in [0.3, 0.4) is 0 Å². The Balaban J connectivity index is 2.31. The SMILES string of the molecule is CCc1cc(CO)cc(Oc2ccc(Br)cc2C)n1. The van der Waals surface area contributed by atoms with E-state index in [1.54, 1.807) is 6.07 Å². The second kappa shape index (κ2) is 6.17. The Morgan fingerprint density at radius 2 is 2.05 bits per heavy atom. The smallest absolute Gasteiger partial charge is 0.219 e. The number of hydrogen-bond acceptors (Lipinski definition) is 3. The molecule has 0 aliphatic heterocycles. The van der Waals surface area contributed by atoms with E-state index in [-0.39, 0.29) is 6.61 Å². The van der Waals surface area contributed by atoms with Crippen LogP contribution in [-0.4, -0.2) is 10.1 Å². The number of ether oxygens (including phenoxy) is 1. The van der Waals surface area contributed by atoms with Crippen molar-refractivity contribution in [2.45, 2.75) is 26.9 Å². The fraction of sp³-hybridized carbons (Fsp3) is 0.267. The maximum Gasteiger partial charge on any atom is 0.219 e. The van der Waals surface area contributed by atoms with Gasteiger partial charge in [0, 0.05) is 16.2 Å². The van der Waals surface area contributed by atoms with Crippen molar-refractivity contribution in [1.29, 1.82) is 0 Å². The van der Waals surface area contributed by atoms with E-state index < -0.39 is 0 Å². The van der Waals surface area contributed by atoms with Crippen LogP contribution in [0.4, 0.5) is 0 Å². The second-order valence-electron chi connectivity index (χ2n) is 4.33. The highest BCUT2D eigenvalue weighted by Crippen LogP contribution is 2.27. The summed E-state index contributed by atoms with van der Waals surface area (Å²) < 4.78 is 6.82. The molecule has 2 rings (SSSR count). The highest BCUT2D eigenvalue weighted by Gasteiger charge is 2.06. The molecule has 1 heterocycles. The highest BCUT2D eigenvalue weighted by molar-refractivity contribution is 9.10. The molecule has 0 saturated carbocycles. The minimum Gasteiger partial charge on any atom is -0.439 e. The number of aliphatic hydroxyl groups is 1. The Morgan fingerprint density at radius 1 is 1.26 bits per heavy atom. The van der Waals surface area contributed by atoms with Crippen LogP contribution in [0.25, 0.3) is 0 Å². The first kappa shape index (κ1) is 14.0. The molecule has 100 valence electrons. The van der Waals surface area contributed by atoms with E-state index in [2.05, 4.69) is 20.9 Å². The van der Waals surface area contributed by atoms with Crippen LogP contribution in [-0.2, 0) is 13.0 Å². The molecule has 0 fully saturated rings. The van der Waals surface area contributed by atoms with E-state index in [4.69, 9.17) is 4.74 Å². The van der Waals surface area contributed by atoms with Crippen molar-refractivity contribution in [3.63, 3.8) is 0 Å². The molecular formula is C15H16BrNO2. The van der Waals surface area contributed by atoms with Gasteiger partial charge in [-0.1, -0.05) is 22.9 Å². The van der Waals surface area contributed by atoms with E-state index >= 15 is 0 Å². The number of halogens is 1. The first-order valence-electron chi connectivity index (χ1n) is 6.17. The molecule has 1 N–H and O–H groups in total. The van der Waals surface area contributed by atoms with E-state index in [0.29, 0.717) is 5.88 Å². The zero-order valence-corrected chi connectivity index (χ0v) is 12.6. The summed E-state index contributed by atoms with van der Waals surface area (Å²) in [6, 6.07) is 9.48. The lowest BCUT2D eigenvalue weighted by atomic mass is 10.2. The number of aromatic nitrogens is 1. The normalized spacial score (nSPS) is 10.5. The number of nitrogens with zero attached hydrogens (tertiary/aromatic N) is 1. The number of aliphatic hydroxyl groups excluding tert-OH is 1. The summed E-state index contributed by atoms with van der Waals surface area (Å²) in [6.07, 6.45) is 0.809. The first-order chi connectivity index (χ1) is 9.12. The Kier molecular flexibility index (Phi) is 4.56. The third kappa shape index (κ3) is 3.55. The van der Waals surface area contributed by atoms with Gasteiger partial charge in [0.1, 0.15) is 5.75 Å². The van der Waals surface area contributed by atoms with E-state index in [0.717, 1.165) is 33.5 Å². The van der Waals surface area contributed by atoms with Crippen molar-refractivity contribution < 1.29 is 9.84 Å². The van der Waals surface area contributed by atoms with Crippen molar-refractivity contribution in [3.05, 3.63) is 51.6 Å². The summed E-state index contributed by atoms with van der Waals surface area (Å²) in [6.45, 7) is 4.00. The molecule has 0 bridgehead atoms. The summed E-state index contributed by atoms with van der Waals surface area (Å²) in [7, 11) is 0. The predicted octanol–water partition coefficient (Wildman–Crippen LogP) is 4.00. The topological polar surface area (TPSA) is 42.4 Å². The molecule has 0 radical (unpaired) electrons. The van der Waals surface area contributed by atoms with Crippen molar-refractivity contribution in [1.82, 2.24) is 4.98 Å². The van der Waals surface area contributed by atoms with E-state index in [9.17, 15) is 5.11 Å². The fourth-order valence-electron chi connectivity index (χ4n) is 1.79. The zero-order chi connectivity index (χ0) is 13.8. The van der Waals surface area contributed by atoms with Crippen LogP contribution >= 0.6 is 15.9 Å². The van der Waals surface area contributed by atoms with Gasteiger partial charge in [-0.2, -0.15) is 0 Å². The van der Waals surface area contributed by atoms with Crippen LogP contribution < -0.4 is 4.74 Å². The lowest BCUT2D eigenvalue weighted by Crippen LogP contribution is -1.97. The maximum atomic E-state index is 9.25. The van der Waals surface area contributed by atoms with Gasteiger partial charge in [-0.05, 0) is 48.7 Å². The number of rotatable bonds is 4. The number of hydrogen-bond donors (Lipinski definition) is 1. The molecule has 0 aliphatic carbocycles. The van der Waals surface area contributed by atoms with Gasteiger partial charge >= 0.3 is 0 Å². The Hall–Kier alpha value is -1.39. The van der Waals surface area contributed by atoms with Crippen molar-refractivity contribution in [3.8, 4) is 11.6 Å². The largest absolute Gasteiger partial charge is 0.439 e. The number of benzene rings is 1.